The van der Waals surface area contributed by atoms with E-state index in [0.29, 0.717) is 31.2 Å². The van der Waals surface area contributed by atoms with Crippen LogP contribution in [0.2, 0.25) is 0 Å². The van der Waals surface area contributed by atoms with Crippen LogP contribution in [0.4, 0.5) is 4.39 Å². The lowest BCUT2D eigenvalue weighted by Crippen LogP contribution is -2.21. The second-order valence-electron chi connectivity index (χ2n) is 6.58. The van der Waals surface area contributed by atoms with E-state index in [1.807, 2.05) is 42.5 Å². The fourth-order valence-electron chi connectivity index (χ4n) is 2.90. The maximum absolute atomic E-state index is 13.0. The first-order chi connectivity index (χ1) is 14.1. The van der Waals surface area contributed by atoms with Crippen molar-refractivity contribution in [1.82, 2.24) is 5.32 Å². The minimum Gasteiger partial charge on any atom is -0.493 e. The van der Waals surface area contributed by atoms with Gasteiger partial charge in [-0.3, -0.25) is 0 Å². The molecule has 152 valence electrons. The second kappa shape index (κ2) is 10.4. The zero-order chi connectivity index (χ0) is 20.6. The van der Waals surface area contributed by atoms with Crippen molar-refractivity contribution >= 4 is 15.9 Å². The van der Waals surface area contributed by atoms with Crippen molar-refractivity contribution in [2.24, 2.45) is 0 Å². The van der Waals surface area contributed by atoms with Crippen LogP contribution in [0.15, 0.2) is 71.2 Å². The average molecular weight is 460 g/mol. The number of rotatable bonds is 9. The average Bonchev–Trinajstić information content (AvgIpc) is 2.74. The van der Waals surface area contributed by atoms with Gasteiger partial charge in [-0.2, -0.15) is 0 Å². The number of benzene rings is 3. The molecule has 1 atom stereocenters. The molecule has 4 nitrogen and oxygen atoms in total. The van der Waals surface area contributed by atoms with Crippen molar-refractivity contribution in [2.75, 3.05) is 13.7 Å². The number of hydrogen-bond acceptors (Lipinski definition) is 4. The van der Waals surface area contributed by atoms with Crippen LogP contribution >= 0.6 is 15.9 Å². The number of aliphatic hydroxyl groups excluding tert-OH is 1. The predicted octanol–water partition coefficient (Wildman–Crippen LogP) is 5.00. The van der Waals surface area contributed by atoms with Crippen LogP contribution in [0.1, 0.15) is 22.8 Å². The van der Waals surface area contributed by atoms with Gasteiger partial charge in [0.1, 0.15) is 12.4 Å². The Labute approximate surface area is 178 Å². The Balaban J connectivity index is 1.60. The van der Waals surface area contributed by atoms with E-state index >= 15 is 0 Å². The van der Waals surface area contributed by atoms with Crippen molar-refractivity contribution in [3.63, 3.8) is 0 Å². The van der Waals surface area contributed by atoms with Crippen LogP contribution in [0.25, 0.3) is 0 Å². The number of ether oxygens (including phenoxy) is 2. The molecule has 0 unspecified atom stereocenters. The van der Waals surface area contributed by atoms with Gasteiger partial charge in [0, 0.05) is 13.1 Å². The third kappa shape index (κ3) is 6.03. The van der Waals surface area contributed by atoms with Gasteiger partial charge in [-0.05, 0) is 56.9 Å². The summed E-state index contributed by atoms with van der Waals surface area (Å²) < 4.78 is 25.2. The number of methoxy groups -OCH3 is 1. The van der Waals surface area contributed by atoms with Crippen LogP contribution in [0.3, 0.4) is 0 Å². The lowest BCUT2D eigenvalue weighted by molar-refractivity contribution is 0.174. The van der Waals surface area contributed by atoms with E-state index in [2.05, 4.69) is 21.2 Å². The summed E-state index contributed by atoms with van der Waals surface area (Å²) in [6.45, 7) is 1.31. The van der Waals surface area contributed by atoms with Crippen LogP contribution in [-0.2, 0) is 13.2 Å². The van der Waals surface area contributed by atoms with E-state index < -0.39 is 6.10 Å². The van der Waals surface area contributed by atoms with Crippen LogP contribution in [0.5, 0.6) is 11.5 Å². The molecule has 0 spiro atoms. The van der Waals surface area contributed by atoms with Crippen LogP contribution < -0.4 is 14.8 Å². The predicted molar refractivity (Wildman–Crippen MR) is 115 cm³/mol. The fourth-order valence-corrected chi connectivity index (χ4v) is 3.50. The van der Waals surface area contributed by atoms with Crippen molar-refractivity contribution in [3.05, 3.63) is 93.7 Å². The third-order valence-corrected chi connectivity index (χ3v) is 5.03. The summed E-state index contributed by atoms with van der Waals surface area (Å²) in [6, 6.07) is 19.6. The van der Waals surface area contributed by atoms with Gasteiger partial charge in [-0.25, -0.2) is 4.39 Å². The molecular formula is C23H23BrFNO3. The Morgan fingerprint density at radius 3 is 2.45 bits per heavy atom. The van der Waals surface area contributed by atoms with Gasteiger partial charge in [0.15, 0.2) is 11.5 Å². The fraction of sp³-hybridized carbons (Fsp3) is 0.217. The number of hydrogen-bond donors (Lipinski definition) is 2. The minimum absolute atomic E-state index is 0.276. The van der Waals surface area contributed by atoms with E-state index in [-0.39, 0.29) is 5.82 Å². The number of aliphatic hydroxyl groups is 1. The van der Waals surface area contributed by atoms with Crippen LogP contribution in [-0.4, -0.2) is 18.8 Å². The van der Waals surface area contributed by atoms with Gasteiger partial charge in [-0.15, -0.1) is 0 Å². The van der Waals surface area contributed by atoms with Gasteiger partial charge in [0.2, 0.25) is 0 Å². The highest BCUT2D eigenvalue weighted by atomic mass is 79.9. The zero-order valence-electron chi connectivity index (χ0n) is 16.1. The first kappa shape index (κ1) is 21.3. The molecule has 0 aliphatic heterocycles. The smallest absolute Gasteiger partial charge is 0.175 e. The lowest BCUT2D eigenvalue weighted by atomic mass is 10.1. The maximum Gasteiger partial charge on any atom is 0.175 e. The third-order valence-electron chi connectivity index (χ3n) is 4.44. The number of halogens is 2. The molecule has 2 N–H and O–H groups in total. The van der Waals surface area contributed by atoms with Crippen molar-refractivity contribution in [1.29, 1.82) is 0 Å². The standard InChI is InChI=1S/C23H23BrFNO3/c1-28-22-12-17(13-26-14-21(27)18-5-3-2-4-6-18)11-20(24)23(22)29-15-16-7-9-19(25)10-8-16/h2-12,21,26-27H,13-15H2,1H3/t21-/m0/s1. The Morgan fingerprint density at radius 2 is 1.76 bits per heavy atom. The molecule has 0 fully saturated rings. The van der Waals surface area contributed by atoms with Gasteiger partial charge in [0.25, 0.3) is 0 Å². The maximum atomic E-state index is 13.0. The molecule has 6 heteroatoms. The van der Waals surface area contributed by atoms with Gasteiger partial charge in [-0.1, -0.05) is 42.5 Å². The summed E-state index contributed by atoms with van der Waals surface area (Å²) in [7, 11) is 1.59. The second-order valence-corrected chi connectivity index (χ2v) is 7.44. The van der Waals surface area contributed by atoms with Crippen molar-refractivity contribution in [2.45, 2.75) is 19.3 Å². The van der Waals surface area contributed by atoms with Gasteiger partial charge < -0.3 is 19.9 Å². The SMILES string of the molecule is COc1cc(CNC[C@H](O)c2ccccc2)cc(Br)c1OCc1ccc(F)cc1. The van der Waals surface area contributed by atoms with E-state index in [1.54, 1.807) is 19.2 Å². The van der Waals surface area contributed by atoms with E-state index in [1.165, 1.54) is 12.1 Å². The summed E-state index contributed by atoms with van der Waals surface area (Å²) in [4.78, 5) is 0. The molecule has 3 aromatic rings. The first-order valence-electron chi connectivity index (χ1n) is 9.24. The molecule has 29 heavy (non-hydrogen) atoms. The summed E-state index contributed by atoms with van der Waals surface area (Å²) in [6.07, 6.45) is -0.570. The highest BCUT2D eigenvalue weighted by molar-refractivity contribution is 9.10. The van der Waals surface area contributed by atoms with Crippen molar-refractivity contribution in [3.8, 4) is 11.5 Å². The molecule has 0 amide bonds. The summed E-state index contributed by atoms with van der Waals surface area (Å²) in [5.41, 5.74) is 2.73. The molecule has 0 saturated carbocycles. The molecule has 3 aromatic carbocycles. The summed E-state index contributed by atoms with van der Waals surface area (Å²) in [5, 5.41) is 13.5. The highest BCUT2D eigenvalue weighted by Gasteiger charge is 2.13. The van der Waals surface area contributed by atoms with Gasteiger partial charge >= 0.3 is 0 Å². The van der Waals surface area contributed by atoms with Crippen molar-refractivity contribution < 1.29 is 19.0 Å². The molecule has 0 saturated heterocycles. The molecule has 0 aliphatic carbocycles. The monoisotopic (exact) mass is 459 g/mol. The van der Waals surface area contributed by atoms with Gasteiger partial charge in [0.05, 0.1) is 17.7 Å². The Kier molecular flexibility index (Phi) is 7.63. The Bertz CT molecular complexity index is 919. The molecule has 3 rings (SSSR count). The largest absolute Gasteiger partial charge is 0.493 e. The molecular weight excluding hydrogens is 437 g/mol. The quantitative estimate of drug-likeness (QED) is 0.472. The topological polar surface area (TPSA) is 50.7 Å². The van der Waals surface area contributed by atoms with E-state index in [9.17, 15) is 9.50 Å². The molecule has 0 bridgehead atoms. The Hall–Kier alpha value is -2.41. The van der Waals surface area contributed by atoms with Crippen LogP contribution in [0, 0.1) is 5.82 Å². The van der Waals surface area contributed by atoms with E-state index in [4.69, 9.17) is 9.47 Å². The van der Waals surface area contributed by atoms with E-state index in [0.717, 1.165) is 21.2 Å². The molecule has 0 heterocycles. The molecule has 0 aliphatic rings. The number of nitrogens with one attached hydrogen (secondary N) is 1. The molecule has 0 radical (unpaired) electrons. The lowest BCUT2D eigenvalue weighted by Gasteiger charge is -2.16. The zero-order valence-corrected chi connectivity index (χ0v) is 17.7. The molecule has 0 aromatic heterocycles. The normalized spacial score (nSPS) is 11.9. The minimum atomic E-state index is -0.570. The summed E-state index contributed by atoms with van der Waals surface area (Å²) in [5.74, 6) is 0.911. The highest BCUT2D eigenvalue weighted by Crippen LogP contribution is 2.37. The Morgan fingerprint density at radius 1 is 1.03 bits per heavy atom. The summed E-state index contributed by atoms with van der Waals surface area (Å²) >= 11 is 3.54. The first-order valence-corrected chi connectivity index (χ1v) is 10.0.